The minimum absolute atomic E-state index is 0.226. The van der Waals surface area contributed by atoms with E-state index in [-0.39, 0.29) is 18.5 Å². The fraction of sp³-hybridized carbons (Fsp3) is 0.273. The Bertz CT molecular complexity index is 1550. The number of carbonyl (C=O) groups excluding carboxylic acids is 2. The van der Waals surface area contributed by atoms with E-state index in [1.54, 1.807) is 29.7 Å². The van der Waals surface area contributed by atoms with Gasteiger partial charge in [0.25, 0.3) is 5.91 Å². The van der Waals surface area contributed by atoms with Crippen molar-refractivity contribution in [3.8, 4) is 17.6 Å². The zero-order chi connectivity index (χ0) is 28.6. The van der Waals surface area contributed by atoms with Gasteiger partial charge in [0.05, 0.1) is 18.1 Å². The predicted molar refractivity (Wildman–Crippen MR) is 156 cm³/mol. The number of aromatic amines is 1. The molecule has 1 heterocycles. The third kappa shape index (κ3) is 6.77. The van der Waals surface area contributed by atoms with Crippen molar-refractivity contribution in [3.63, 3.8) is 0 Å². The maximum Gasteiger partial charge on any atom is 0.338 e. The SMILES string of the molecule is CCOc1ccc(C(=O)OCCN(CCc2c[nH]c3ccccc23)Cc2ccc(C3C#CC3C(=O)NO)cc2)cc1. The molecule has 3 aromatic carbocycles. The van der Waals surface area contributed by atoms with Crippen LogP contribution < -0.4 is 10.2 Å². The van der Waals surface area contributed by atoms with Crippen molar-refractivity contribution in [3.05, 3.63) is 101 Å². The number of amides is 1. The van der Waals surface area contributed by atoms with Gasteiger partial charge in [-0.25, -0.2) is 10.3 Å². The summed E-state index contributed by atoms with van der Waals surface area (Å²) >= 11 is 0. The van der Waals surface area contributed by atoms with Crippen molar-refractivity contribution >= 4 is 22.8 Å². The van der Waals surface area contributed by atoms with Gasteiger partial charge in [-0.1, -0.05) is 54.3 Å². The zero-order valence-electron chi connectivity index (χ0n) is 22.9. The maximum atomic E-state index is 12.6. The molecule has 41 heavy (non-hydrogen) atoms. The van der Waals surface area contributed by atoms with Crippen LogP contribution in [0.25, 0.3) is 10.9 Å². The molecule has 2 atom stereocenters. The van der Waals surface area contributed by atoms with Crippen LogP contribution in [0.15, 0.2) is 79.0 Å². The van der Waals surface area contributed by atoms with Crippen molar-refractivity contribution < 1.29 is 24.3 Å². The van der Waals surface area contributed by atoms with Crippen molar-refractivity contribution in [2.45, 2.75) is 25.8 Å². The second kappa shape index (κ2) is 13.2. The number of rotatable bonds is 13. The van der Waals surface area contributed by atoms with Gasteiger partial charge in [0.1, 0.15) is 18.3 Å². The number of hydroxylamine groups is 1. The van der Waals surface area contributed by atoms with Gasteiger partial charge < -0.3 is 14.5 Å². The summed E-state index contributed by atoms with van der Waals surface area (Å²) in [6.45, 7) is 4.75. The zero-order valence-corrected chi connectivity index (χ0v) is 22.9. The van der Waals surface area contributed by atoms with Crippen molar-refractivity contribution in [1.82, 2.24) is 15.4 Å². The highest BCUT2D eigenvalue weighted by molar-refractivity contribution is 5.89. The number of aromatic nitrogens is 1. The van der Waals surface area contributed by atoms with Crippen LogP contribution in [0.4, 0.5) is 0 Å². The molecule has 0 aliphatic heterocycles. The third-order valence-electron chi connectivity index (χ3n) is 7.28. The van der Waals surface area contributed by atoms with Crippen molar-refractivity contribution in [2.75, 3.05) is 26.3 Å². The van der Waals surface area contributed by atoms with E-state index in [0.29, 0.717) is 25.3 Å². The number of fused-ring (bicyclic) bond motifs is 1. The molecule has 0 spiro atoms. The van der Waals surface area contributed by atoms with E-state index in [1.807, 2.05) is 43.3 Å². The van der Waals surface area contributed by atoms with E-state index in [2.05, 4.69) is 40.1 Å². The molecule has 0 saturated carbocycles. The molecule has 210 valence electrons. The summed E-state index contributed by atoms with van der Waals surface area (Å²) in [7, 11) is 0. The van der Waals surface area contributed by atoms with Crippen LogP contribution in [0.1, 0.15) is 39.9 Å². The van der Waals surface area contributed by atoms with Crippen LogP contribution in [0, 0.1) is 17.8 Å². The van der Waals surface area contributed by atoms with Gasteiger partial charge in [-0.15, -0.1) is 0 Å². The first-order valence-electron chi connectivity index (χ1n) is 13.8. The Morgan fingerprint density at radius 2 is 1.78 bits per heavy atom. The minimum Gasteiger partial charge on any atom is -0.494 e. The Morgan fingerprint density at radius 1 is 1.00 bits per heavy atom. The Balaban J connectivity index is 1.22. The topological polar surface area (TPSA) is 104 Å². The fourth-order valence-electron chi connectivity index (χ4n) is 4.99. The van der Waals surface area contributed by atoms with E-state index < -0.39 is 11.8 Å². The average Bonchev–Trinajstić information content (AvgIpc) is 3.39. The summed E-state index contributed by atoms with van der Waals surface area (Å²) in [5.74, 6) is 4.92. The minimum atomic E-state index is -0.538. The number of benzene rings is 3. The van der Waals surface area contributed by atoms with Crippen molar-refractivity contribution in [2.24, 2.45) is 5.92 Å². The summed E-state index contributed by atoms with van der Waals surface area (Å²) in [6, 6.07) is 23.2. The average molecular weight is 552 g/mol. The standard InChI is InChI=1S/C33H33N3O5/c1-2-40-27-13-11-25(12-14-27)33(38)41-20-19-36(18-17-26-21-34-31-6-4-3-5-29(26)31)22-23-7-9-24(10-8-23)28-15-16-30(28)32(37)35-39/h3-14,21,28,30,34,39H,2,17-20,22H2,1H3,(H,35,37). The fourth-order valence-corrected chi connectivity index (χ4v) is 4.99. The molecular formula is C33H33N3O5. The molecular weight excluding hydrogens is 518 g/mol. The first-order chi connectivity index (χ1) is 20.1. The lowest BCUT2D eigenvalue weighted by molar-refractivity contribution is -0.132. The van der Waals surface area contributed by atoms with Gasteiger partial charge in [-0.3, -0.25) is 14.9 Å². The van der Waals surface area contributed by atoms with Crippen LogP contribution in [0.3, 0.4) is 0 Å². The quantitative estimate of drug-likeness (QED) is 0.0964. The monoisotopic (exact) mass is 551 g/mol. The van der Waals surface area contributed by atoms with Crippen LogP contribution in [-0.2, 0) is 22.5 Å². The first-order valence-corrected chi connectivity index (χ1v) is 13.8. The van der Waals surface area contributed by atoms with Gasteiger partial charge in [0.2, 0.25) is 0 Å². The summed E-state index contributed by atoms with van der Waals surface area (Å²) < 4.78 is 11.1. The highest BCUT2D eigenvalue weighted by Gasteiger charge is 2.32. The Labute approximate surface area is 239 Å². The number of hydrogen-bond acceptors (Lipinski definition) is 6. The van der Waals surface area contributed by atoms with Crippen LogP contribution >= 0.6 is 0 Å². The molecule has 8 heteroatoms. The molecule has 1 amide bonds. The molecule has 1 aliphatic carbocycles. The van der Waals surface area contributed by atoms with Gasteiger partial charge in [0.15, 0.2) is 0 Å². The molecule has 4 aromatic rings. The number of H-pyrrole nitrogens is 1. The maximum absolute atomic E-state index is 12.6. The van der Waals surface area contributed by atoms with Crippen LogP contribution in [0.5, 0.6) is 5.75 Å². The summed E-state index contributed by atoms with van der Waals surface area (Å²) in [5, 5.41) is 10.2. The molecule has 0 radical (unpaired) electrons. The Morgan fingerprint density at radius 3 is 2.49 bits per heavy atom. The predicted octanol–water partition coefficient (Wildman–Crippen LogP) is 4.69. The van der Waals surface area contributed by atoms with Gasteiger partial charge >= 0.3 is 5.97 Å². The number of hydrogen-bond donors (Lipinski definition) is 3. The number of ether oxygens (including phenoxy) is 2. The van der Waals surface area contributed by atoms with E-state index in [4.69, 9.17) is 14.7 Å². The molecule has 1 aliphatic rings. The number of nitrogens with one attached hydrogen (secondary N) is 2. The molecule has 2 unspecified atom stereocenters. The largest absolute Gasteiger partial charge is 0.494 e. The summed E-state index contributed by atoms with van der Waals surface area (Å²) in [5.41, 5.74) is 6.57. The second-order valence-electron chi connectivity index (χ2n) is 9.94. The molecule has 0 bridgehead atoms. The molecule has 3 N–H and O–H groups in total. The number of nitrogens with zero attached hydrogens (tertiary/aromatic N) is 1. The molecule has 8 nitrogen and oxygen atoms in total. The summed E-state index contributed by atoms with van der Waals surface area (Å²) in [6.07, 6.45) is 2.90. The van der Waals surface area contributed by atoms with Gasteiger partial charge in [-0.2, -0.15) is 0 Å². The van der Waals surface area contributed by atoms with Gasteiger partial charge in [0, 0.05) is 36.7 Å². The highest BCUT2D eigenvalue weighted by Crippen LogP contribution is 2.30. The lowest BCUT2D eigenvalue weighted by Gasteiger charge is -2.24. The Hall–Kier alpha value is -4.58. The molecule has 1 aromatic heterocycles. The second-order valence-corrected chi connectivity index (χ2v) is 9.94. The van der Waals surface area contributed by atoms with Crippen LogP contribution in [0.2, 0.25) is 0 Å². The highest BCUT2D eigenvalue weighted by atomic mass is 16.5. The number of para-hydroxylation sites is 1. The Kier molecular flexibility index (Phi) is 8.99. The van der Waals surface area contributed by atoms with Crippen LogP contribution in [-0.4, -0.2) is 53.3 Å². The van der Waals surface area contributed by atoms with E-state index >= 15 is 0 Å². The van der Waals surface area contributed by atoms with Gasteiger partial charge in [-0.05, 0) is 60.4 Å². The smallest absolute Gasteiger partial charge is 0.338 e. The lowest BCUT2D eigenvalue weighted by Crippen LogP contribution is -2.34. The number of carbonyl (C=O) groups is 2. The normalized spacial score (nSPS) is 15.6. The van der Waals surface area contributed by atoms with E-state index in [1.165, 1.54) is 10.9 Å². The summed E-state index contributed by atoms with van der Waals surface area (Å²) in [4.78, 5) is 30.1. The molecule has 0 fully saturated rings. The molecule has 5 rings (SSSR count). The van der Waals surface area contributed by atoms with E-state index in [9.17, 15) is 9.59 Å². The first kappa shape index (κ1) is 28.0. The number of esters is 1. The molecule has 0 saturated heterocycles. The lowest BCUT2D eigenvalue weighted by atomic mass is 9.79. The van der Waals surface area contributed by atoms with E-state index in [0.717, 1.165) is 35.4 Å². The third-order valence-corrected chi connectivity index (χ3v) is 7.28. The van der Waals surface area contributed by atoms with Crippen molar-refractivity contribution in [1.29, 1.82) is 0 Å².